The number of rotatable bonds is 3. The van der Waals surface area contributed by atoms with E-state index < -0.39 is 10.0 Å². The number of amides is 1. The van der Waals surface area contributed by atoms with Crippen molar-refractivity contribution in [1.82, 2.24) is 14.6 Å². The van der Waals surface area contributed by atoms with Crippen LogP contribution in [0.4, 0.5) is 0 Å². The maximum Gasteiger partial charge on any atom is 0.268 e. The van der Waals surface area contributed by atoms with Gasteiger partial charge in [0.2, 0.25) is 10.0 Å². The molecule has 0 radical (unpaired) electrons. The first-order chi connectivity index (χ1) is 8.86. The molecule has 1 unspecified atom stereocenters. The van der Waals surface area contributed by atoms with E-state index in [1.54, 1.807) is 0 Å². The number of halogens is 1. The predicted molar refractivity (Wildman–Crippen MR) is 72.7 cm³/mol. The summed E-state index contributed by atoms with van der Waals surface area (Å²) in [6.45, 7) is 0.832. The number of H-pyrrole nitrogens is 1. The fourth-order valence-electron chi connectivity index (χ4n) is 2.12. The predicted octanol–water partition coefficient (Wildman–Crippen LogP) is 0.822. The van der Waals surface area contributed by atoms with Gasteiger partial charge >= 0.3 is 0 Å². The summed E-state index contributed by atoms with van der Waals surface area (Å²) in [7, 11) is -3.20. The zero-order valence-electron chi connectivity index (χ0n) is 10.5. The molecule has 0 saturated carbocycles. The Morgan fingerprint density at radius 1 is 1.58 bits per heavy atom. The molecule has 106 valence electrons. The Kier molecular flexibility index (Phi) is 4.17. The Morgan fingerprint density at radius 2 is 2.32 bits per heavy atom. The molecule has 2 rings (SSSR count). The molecule has 1 amide bonds. The molecule has 1 aromatic rings. The summed E-state index contributed by atoms with van der Waals surface area (Å²) < 4.78 is 24.4. The minimum atomic E-state index is -3.20. The first kappa shape index (κ1) is 14.4. The summed E-state index contributed by atoms with van der Waals surface area (Å²) in [5.41, 5.74) is 0.376. The lowest BCUT2D eigenvalue weighted by molar-refractivity contribution is 0.0917. The normalized spacial score (nSPS) is 21.3. The summed E-state index contributed by atoms with van der Waals surface area (Å²) in [4.78, 5) is 14.7. The average Bonchev–Trinajstić information content (AvgIpc) is 2.75. The highest BCUT2D eigenvalue weighted by Crippen LogP contribution is 2.14. The van der Waals surface area contributed by atoms with Crippen molar-refractivity contribution in [3.05, 3.63) is 23.0 Å². The summed E-state index contributed by atoms with van der Waals surface area (Å²) in [5, 5.41) is 3.28. The van der Waals surface area contributed by atoms with E-state index in [0.29, 0.717) is 23.8 Å². The van der Waals surface area contributed by atoms with Gasteiger partial charge in [-0.3, -0.25) is 4.79 Å². The van der Waals surface area contributed by atoms with Crippen molar-refractivity contribution in [3.63, 3.8) is 0 Å². The molecule has 6 nitrogen and oxygen atoms in total. The molecule has 19 heavy (non-hydrogen) atoms. The van der Waals surface area contributed by atoms with Gasteiger partial charge in [0, 0.05) is 25.3 Å². The van der Waals surface area contributed by atoms with Crippen LogP contribution < -0.4 is 5.32 Å². The van der Waals surface area contributed by atoms with Crippen LogP contribution in [0.2, 0.25) is 5.02 Å². The molecular formula is C11H16ClN3O3S. The van der Waals surface area contributed by atoms with E-state index in [-0.39, 0.29) is 11.9 Å². The third-order valence-electron chi connectivity index (χ3n) is 3.08. The average molecular weight is 306 g/mol. The SMILES string of the molecule is CS(=O)(=O)N1CCCC(NC(=O)c2cc(Cl)c[nH]2)C1. The maximum atomic E-state index is 11.9. The van der Waals surface area contributed by atoms with Gasteiger partial charge in [-0.1, -0.05) is 11.6 Å². The van der Waals surface area contributed by atoms with Crippen LogP contribution >= 0.6 is 11.6 Å². The highest BCUT2D eigenvalue weighted by Gasteiger charge is 2.27. The zero-order chi connectivity index (χ0) is 14.0. The van der Waals surface area contributed by atoms with Gasteiger partial charge in [-0.2, -0.15) is 0 Å². The number of aromatic nitrogens is 1. The Labute approximate surface area is 117 Å². The Bertz CT molecular complexity index is 569. The molecule has 8 heteroatoms. The number of carbonyl (C=O) groups excluding carboxylic acids is 1. The fraction of sp³-hybridized carbons (Fsp3) is 0.545. The lowest BCUT2D eigenvalue weighted by atomic mass is 10.1. The number of nitrogens with one attached hydrogen (secondary N) is 2. The van der Waals surface area contributed by atoms with Crippen LogP contribution in [0.3, 0.4) is 0 Å². The number of aromatic amines is 1. The Morgan fingerprint density at radius 3 is 2.89 bits per heavy atom. The quantitative estimate of drug-likeness (QED) is 0.867. The second kappa shape index (κ2) is 5.52. The summed E-state index contributed by atoms with van der Waals surface area (Å²) >= 11 is 5.73. The number of nitrogens with zero attached hydrogens (tertiary/aromatic N) is 1. The minimum absolute atomic E-state index is 0.168. The van der Waals surface area contributed by atoms with Crippen LogP contribution in [0.1, 0.15) is 23.3 Å². The van der Waals surface area contributed by atoms with Gasteiger partial charge in [-0.25, -0.2) is 12.7 Å². The summed E-state index contributed by atoms with van der Waals surface area (Å²) in [6.07, 6.45) is 4.22. The molecule has 1 aromatic heterocycles. The zero-order valence-corrected chi connectivity index (χ0v) is 12.1. The Balaban J connectivity index is 1.98. The van der Waals surface area contributed by atoms with Crippen LogP contribution in [-0.4, -0.2) is 49.0 Å². The van der Waals surface area contributed by atoms with Gasteiger partial charge in [0.05, 0.1) is 11.3 Å². The fourth-order valence-corrected chi connectivity index (χ4v) is 3.20. The molecule has 1 saturated heterocycles. The van der Waals surface area contributed by atoms with Crippen molar-refractivity contribution in [2.24, 2.45) is 0 Å². The van der Waals surface area contributed by atoms with Crippen LogP contribution in [0, 0.1) is 0 Å². The van der Waals surface area contributed by atoms with Crippen LogP contribution in [0.25, 0.3) is 0 Å². The third kappa shape index (κ3) is 3.71. The van der Waals surface area contributed by atoms with E-state index in [1.165, 1.54) is 22.8 Å². The molecule has 0 bridgehead atoms. The van der Waals surface area contributed by atoms with Crippen molar-refractivity contribution >= 4 is 27.5 Å². The topological polar surface area (TPSA) is 82.3 Å². The van der Waals surface area contributed by atoms with Crippen LogP contribution in [0.5, 0.6) is 0 Å². The number of piperidine rings is 1. The number of hydrogen-bond acceptors (Lipinski definition) is 3. The van der Waals surface area contributed by atoms with E-state index in [1.807, 2.05) is 0 Å². The lowest BCUT2D eigenvalue weighted by Gasteiger charge is -2.31. The van der Waals surface area contributed by atoms with E-state index in [4.69, 9.17) is 11.6 Å². The molecule has 0 aromatic carbocycles. The Hall–Kier alpha value is -1.05. The summed E-state index contributed by atoms with van der Waals surface area (Å²) in [6, 6.07) is 1.37. The van der Waals surface area contributed by atoms with E-state index >= 15 is 0 Å². The number of carbonyl (C=O) groups is 1. The summed E-state index contributed by atoms with van der Waals surface area (Å²) in [5.74, 6) is -0.271. The molecule has 2 heterocycles. The highest BCUT2D eigenvalue weighted by atomic mass is 35.5. The van der Waals surface area contributed by atoms with Crippen molar-refractivity contribution in [2.45, 2.75) is 18.9 Å². The molecule has 2 N–H and O–H groups in total. The highest BCUT2D eigenvalue weighted by molar-refractivity contribution is 7.88. The largest absolute Gasteiger partial charge is 0.356 e. The number of hydrogen-bond donors (Lipinski definition) is 2. The third-order valence-corrected chi connectivity index (χ3v) is 4.57. The number of sulfonamides is 1. The molecule has 1 fully saturated rings. The van der Waals surface area contributed by atoms with Gasteiger partial charge in [-0.15, -0.1) is 0 Å². The minimum Gasteiger partial charge on any atom is -0.356 e. The monoisotopic (exact) mass is 305 g/mol. The van der Waals surface area contributed by atoms with Crippen molar-refractivity contribution in [1.29, 1.82) is 0 Å². The molecular weight excluding hydrogens is 290 g/mol. The molecule has 1 atom stereocenters. The van der Waals surface area contributed by atoms with E-state index in [9.17, 15) is 13.2 Å². The van der Waals surface area contributed by atoms with Crippen molar-refractivity contribution in [2.75, 3.05) is 19.3 Å². The van der Waals surface area contributed by atoms with Gasteiger partial charge in [-0.05, 0) is 18.9 Å². The van der Waals surface area contributed by atoms with Crippen LogP contribution in [-0.2, 0) is 10.0 Å². The standard InChI is InChI=1S/C11H16ClN3O3S/c1-19(17,18)15-4-2-3-9(7-15)14-11(16)10-5-8(12)6-13-10/h5-6,9,13H,2-4,7H2,1H3,(H,14,16). The van der Waals surface area contributed by atoms with Crippen molar-refractivity contribution < 1.29 is 13.2 Å². The van der Waals surface area contributed by atoms with Crippen LogP contribution in [0.15, 0.2) is 12.3 Å². The molecule has 1 aliphatic heterocycles. The van der Waals surface area contributed by atoms with Gasteiger partial charge < -0.3 is 10.3 Å². The maximum absolute atomic E-state index is 11.9. The van der Waals surface area contributed by atoms with Crippen molar-refractivity contribution in [3.8, 4) is 0 Å². The van der Waals surface area contributed by atoms with E-state index in [0.717, 1.165) is 12.8 Å². The van der Waals surface area contributed by atoms with Gasteiger partial charge in [0.15, 0.2) is 0 Å². The van der Waals surface area contributed by atoms with Gasteiger partial charge in [0.25, 0.3) is 5.91 Å². The molecule has 1 aliphatic rings. The first-order valence-corrected chi connectivity index (χ1v) is 8.19. The second-order valence-electron chi connectivity index (χ2n) is 4.67. The van der Waals surface area contributed by atoms with E-state index in [2.05, 4.69) is 10.3 Å². The second-order valence-corrected chi connectivity index (χ2v) is 7.08. The molecule has 0 spiro atoms. The first-order valence-electron chi connectivity index (χ1n) is 5.96. The lowest BCUT2D eigenvalue weighted by Crippen LogP contribution is -2.49. The van der Waals surface area contributed by atoms with Gasteiger partial charge in [0.1, 0.15) is 5.69 Å². The smallest absolute Gasteiger partial charge is 0.268 e. The molecule has 0 aliphatic carbocycles.